The smallest absolute Gasteiger partial charge is 0.335 e. The number of allylic oxidation sites excluding steroid dienone is 8. The number of nitrogens with zero attached hydrogens (tertiary/aromatic N) is 3. The summed E-state index contributed by atoms with van der Waals surface area (Å²) in [6, 6.07) is 19.6. The quantitative estimate of drug-likeness (QED) is 0.0346. The number of aromatic hydroxyl groups is 2. The molecule has 0 radical (unpaired) electrons. The van der Waals surface area contributed by atoms with Gasteiger partial charge in [0, 0.05) is 87.7 Å². The lowest BCUT2D eigenvalue weighted by Gasteiger charge is -2.30. The van der Waals surface area contributed by atoms with Crippen LogP contribution in [0.5, 0.6) is 11.8 Å². The van der Waals surface area contributed by atoms with Crippen LogP contribution in [0, 0.1) is 0 Å². The number of benzene rings is 2. The van der Waals surface area contributed by atoms with Gasteiger partial charge < -0.3 is 95.7 Å². The van der Waals surface area contributed by atoms with E-state index in [9.17, 15) is 15.0 Å². The van der Waals surface area contributed by atoms with Gasteiger partial charge >= 0.3 is 5.97 Å². The van der Waals surface area contributed by atoms with Crippen LogP contribution in [0.3, 0.4) is 0 Å². The average Bonchev–Trinajstić information content (AvgIpc) is 1.62. The van der Waals surface area contributed by atoms with Gasteiger partial charge in [-0.05, 0) is 44.4 Å². The minimum atomic E-state index is -0.669. The number of carbonyl (C=O) groups is 1. The maximum atomic E-state index is 12.0. The van der Waals surface area contributed by atoms with E-state index in [-0.39, 0.29) is 42.2 Å². The highest BCUT2D eigenvalue weighted by molar-refractivity contribution is 6.03. The number of anilines is 1. The Morgan fingerprint density at radius 2 is 0.844 bits per heavy atom. The molecule has 3 aromatic rings. The van der Waals surface area contributed by atoms with Crippen molar-refractivity contribution >= 4 is 23.1 Å². The summed E-state index contributed by atoms with van der Waals surface area (Å²) in [6.07, 6.45) is 16.3. The molecule has 0 spiro atoms. The van der Waals surface area contributed by atoms with Crippen LogP contribution < -0.4 is 9.74 Å². The third-order valence-corrected chi connectivity index (χ3v) is 14.7. The van der Waals surface area contributed by atoms with E-state index < -0.39 is 5.97 Å². The first kappa shape index (κ1) is 75.3. The summed E-state index contributed by atoms with van der Waals surface area (Å²) in [5.41, 5.74) is 6.34. The number of aromatic nitrogens is 1. The van der Waals surface area contributed by atoms with Crippen molar-refractivity contribution in [3.8, 4) is 11.8 Å². The van der Waals surface area contributed by atoms with Crippen molar-refractivity contribution in [1.29, 1.82) is 0 Å². The maximum Gasteiger partial charge on any atom is 0.335 e. The van der Waals surface area contributed by atoms with Gasteiger partial charge in [0.15, 0.2) is 12.3 Å². The van der Waals surface area contributed by atoms with Gasteiger partial charge in [-0.25, -0.2) is 4.79 Å². The zero-order valence-electron chi connectivity index (χ0n) is 53.9. The van der Waals surface area contributed by atoms with Crippen molar-refractivity contribution in [2.75, 3.05) is 231 Å². The van der Waals surface area contributed by atoms with Crippen LogP contribution in [0.25, 0.3) is 0 Å². The van der Waals surface area contributed by atoms with E-state index in [4.69, 9.17) is 80.6 Å². The number of para-hydroxylation sites is 2. The molecule has 0 saturated heterocycles. The molecule has 2 aliphatic heterocycles. The van der Waals surface area contributed by atoms with Gasteiger partial charge in [0.2, 0.25) is 17.4 Å². The van der Waals surface area contributed by atoms with Gasteiger partial charge in [-0.2, -0.15) is 4.58 Å². The van der Waals surface area contributed by atoms with Crippen molar-refractivity contribution in [2.45, 2.75) is 43.9 Å². The fraction of sp³-hybridized carbons (Fsp3) is 0.612. The van der Waals surface area contributed by atoms with Crippen LogP contribution >= 0.6 is 0 Å². The number of ether oxygens (including phenoxy) is 16. The molecule has 504 valence electrons. The zero-order chi connectivity index (χ0) is 64.0. The molecular formula is C67H102N3O20+. The maximum absolute atomic E-state index is 12.0. The van der Waals surface area contributed by atoms with Gasteiger partial charge in [-0.1, -0.05) is 66.8 Å². The molecule has 3 heterocycles. The van der Waals surface area contributed by atoms with Crippen molar-refractivity contribution in [1.82, 2.24) is 4.73 Å². The standard InChI is InChI=1S/C67H101N3O20/c1-66(24-29-78-40-45-86-52-49-82-36-33-74-3)57-15-11-13-17-59(57)68(26-31-80-42-47-88-54-51-84-38-35-76-5)61(66)19-9-7-6-8-10-20-62-67(2,25-30-79-41-46-87-53-50-83-37-34-75-4)58-16-12-14-18-60(58)69(62)27-32-81-43-48-89-56-55-85-44-39-77-28-23-65(73)90-70-63(71)21-22-64(70)72/h6-22H,23-56H2,1-5H3,(H-,71,72)/p+1. The molecule has 2 aromatic carbocycles. The monoisotopic (exact) mass is 1270 g/mol. The van der Waals surface area contributed by atoms with Crippen LogP contribution in [0.15, 0.2) is 109 Å². The van der Waals surface area contributed by atoms with Gasteiger partial charge in [0.05, 0.1) is 184 Å². The summed E-state index contributed by atoms with van der Waals surface area (Å²) in [6.45, 7) is 19.3. The van der Waals surface area contributed by atoms with Crippen molar-refractivity contribution < 1.29 is 100 Å². The van der Waals surface area contributed by atoms with Crippen LogP contribution in [0.1, 0.15) is 44.2 Å². The Labute approximate surface area is 532 Å². The van der Waals surface area contributed by atoms with Crippen LogP contribution in [0.2, 0.25) is 0 Å². The molecule has 23 heteroatoms. The fourth-order valence-corrected chi connectivity index (χ4v) is 10.0. The SMILES string of the molecule is COCCOCCOCCOCC[N+]1=C(C=CC=CC=CC=C2N(CCOCCOCCOCCOCCC(=O)On3c(O)ccc3O)c3ccccc3C2(C)CCOCCOCCOCCOC)C(C)(CCOCCOCCOCCOC)c2ccccc21. The van der Waals surface area contributed by atoms with Gasteiger partial charge in [0.1, 0.15) is 6.61 Å². The molecule has 23 nitrogen and oxygen atoms in total. The Morgan fingerprint density at radius 3 is 1.36 bits per heavy atom. The predicted octanol–water partition coefficient (Wildman–Crippen LogP) is 6.57. The summed E-state index contributed by atoms with van der Waals surface area (Å²) in [4.78, 5) is 19.3. The summed E-state index contributed by atoms with van der Waals surface area (Å²) >= 11 is 0. The topological polar surface area (TPSA) is 226 Å². The average molecular weight is 1270 g/mol. The lowest BCUT2D eigenvalue weighted by atomic mass is 9.76. The Balaban J connectivity index is 1.19. The normalized spacial score (nSPS) is 17.0. The third-order valence-electron chi connectivity index (χ3n) is 14.7. The van der Waals surface area contributed by atoms with E-state index in [2.05, 4.69) is 114 Å². The molecule has 2 N–H and O–H groups in total. The number of methoxy groups -OCH3 is 3. The Bertz CT molecular complexity index is 2540. The van der Waals surface area contributed by atoms with E-state index in [1.54, 1.807) is 21.3 Å². The molecule has 1 aromatic heterocycles. The summed E-state index contributed by atoms with van der Waals surface area (Å²) in [5.74, 6) is -1.44. The number of fused-ring (bicyclic) bond motifs is 2. The Kier molecular flexibility index (Phi) is 39.0. The minimum absolute atomic E-state index is 0.0693. The van der Waals surface area contributed by atoms with Gasteiger partial charge in [-0.15, -0.1) is 4.73 Å². The lowest BCUT2D eigenvalue weighted by Crippen LogP contribution is -2.33. The molecule has 5 rings (SSSR count). The van der Waals surface area contributed by atoms with Crippen LogP contribution in [-0.2, 0) is 91.4 Å². The number of hydrogen-bond acceptors (Lipinski definition) is 21. The van der Waals surface area contributed by atoms with Crippen molar-refractivity contribution in [3.05, 3.63) is 120 Å². The molecule has 0 fully saturated rings. The van der Waals surface area contributed by atoms with E-state index in [1.807, 2.05) is 0 Å². The highest BCUT2D eigenvalue weighted by Crippen LogP contribution is 2.50. The van der Waals surface area contributed by atoms with E-state index >= 15 is 0 Å². The highest BCUT2D eigenvalue weighted by atomic mass is 16.7. The molecule has 0 saturated carbocycles. The summed E-state index contributed by atoms with van der Waals surface area (Å²) < 4.78 is 93.5. The second-order valence-electron chi connectivity index (χ2n) is 21.1. The van der Waals surface area contributed by atoms with E-state index in [0.717, 1.165) is 35.6 Å². The zero-order valence-corrected chi connectivity index (χ0v) is 53.9. The first-order chi connectivity index (χ1) is 44.2. The van der Waals surface area contributed by atoms with E-state index in [1.165, 1.54) is 23.3 Å². The van der Waals surface area contributed by atoms with E-state index in [0.29, 0.717) is 196 Å². The number of rotatable bonds is 56. The molecule has 90 heavy (non-hydrogen) atoms. The van der Waals surface area contributed by atoms with Gasteiger partial charge in [-0.3, -0.25) is 0 Å². The molecule has 0 aliphatic carbocycles. The summed E-state index contributed by atoms with van der Waals surface area (Å²) in [7, 11) is 4.96. The second kappa shape index (κ2) is 46.6. The van der Waals surface area contributed by atoms with Crippen LogP contribution in [0.4, 0.5) is 11.4 Å². The third kappa shape index (κ3) is 27.4. The minimum Gasteiger partial charge on any atom is -0.492 e. The molecule has 0 amide bonds. The number of carbonyl (C=O) groups excluding carboxylic acids is 1. The molecule has 2 atom stereocenters. The molecule has 2 aliphatic rings. The van der Waals surface area contributed by atoms with Crippen LogP contribution in [-0.4, -0.2) is 257 Å². The molecule has 0 bridgehead atoms. The fourth-order valence-electron chi connectivity index (χ4n) is 10.0. The highest BCUT2D eigenvalue weighted by Gasteiger charge is 2.47. The Morgan fingerprint density at radius 1 is 0.444 bits per heavy atom. The van der Waals surface area contributed by atoms with Crippen molar-refractivity contribution in [3.63, 3.8) is 0 Å². The molecular weight excluding hydrogens is 1170 g/mol. The molecule has 2 unspecified atom stereocenters. The predicted molar refractivity (Wildman–Crippen MR) is 340 cm³/mol. The van der Waals surface area contributed by atoms with Crippen molar-refractivity contribution in [2.24, 2.45) is 0 Å². The number of hydrogen-bond donors (Lipinski definition) is 2. The summed E-state index contributed by atoms with van der Waals surface area (Å²) in [5, 5.41) is 19.3. The first-order valence-corrected chi connectivity index (χ1v) is 31.3. The lowest BCUT2D eigenvalue weighted by molar-refractivity contribution is -0.442. The Hall–Kier alpha value is -5.42. The second-order valence-corrected chi connectivity index (χ2v) is 21.1. The first-order valence-electron chi connectivity index (χ1n) is 31.3. The van der Waals surface area contributed by atoms with Gasteiger partial charge in [0.25, 0.3) is 0 Å². The largest absolute Gasteiger partial charge is 0.492 e.